The number of aromatic nitrogens is 1. The van der Waals surface area contributed by atoms with Gasteiger partial charge in [-0.3, -0.25) is 0 Å². The lowest BCUT2D eigenvalue weighted by Gasteiger charge is -2.20. The van der Waals surface area contributed by atoms with E-state index in [9.17, 15) is 0 Å². The summed E-state index contributed by atoms with van der Waals surface area (Å²) < 4.78 is 12.3. The first-order valence-electron chi connectivity index (χ1n) is 9.77. The molecule has 0 fully saturated rings. The van der Waals surface area contributed by atoms with Gasteiger partial charge in [-0.05, 0) is 77.7 Å². The topological polar surface area (TPSA) is 46.6 Å². The van der Waals surface area contributed by atoms with Gasteiger partial charge in [0.1, 0.15) is 29.7 Å². The van der Waals surface area contributed by atoms with Crippen LogP contribution in [0.25, 0.3) is 0 Å². The summed E-state index contributed by atoms with van der Waals surface area (Å²) in [4.78, 5) is 6.82. The normalized spacial score (nSPS) is 10.6. The smallest absolute Gasteiger partial charge is 0.147 e. The molecule has 0 amide bonds. The van der Waals surface area contributed by atoms with Gasteiger partial charge < -0.3 is 19.7 Å². The number of hydrogen-bond acceptors (Lipinski definition) is 5. The molecule has 0 spiro atoms. The molecule has 0 bridgehead atoms. The molecule has 5 nitrogen and oxygen atoms in total. The number of hydrogen-bond donors (Lipinski definition) is 1. The third-order valence-electron chi connectivity index (χ3n) is 4.98. The van der Waals surface area contributed by atoms with Crippen molar-refractivity contribution < 1.29 is 9.47 Å². The second-order valence-electron chi connectivity index (χ2n) is 7.50. The van der Waals surface area contributed by atoms with Gasteiger partial charge in [0, 0.05) is 25.3 Å². The molecule has 0 radical (unpaired) electrons. The number of methoxy groups -OCH3 is 1. The Labute approximate surface area is 187 Å². The second-order valence-corrected chi connectivity index (χ2v) is 8.35. The zero-order valence-electron chi connectivity index (χ0n) is 18.3. The van der Waals surface area contributed by atoms with E-state index in [1.807, 2.05) is 49.3 Å². The van der Waals surface area contributed by atoms with Gasteiger partial charge >= 0.3 is 0 Å². The Balaban J connectivity index is 1.85. The molecule has 0 aliphatic rings. The van der Waals surface area contributed by atoms with Crippen molar-refractivity contribution in [2.45, 2.75) is 27.4 Å². The van der Waals surface area contributed by atoms with Crippen molar-refractivity contribution in [1.82, 2.24) is 4.98 Å². The summed E-state index contributed by atoms with van der Waals surface area (Å²) in [6.07, 6.45) is 0. The number of nitrogens with zero attached hydrogens (tertiary/aromatic N) is 2. The highest BCUT2D eigenvalue weighted by atomic mass is 79.9. The van der Waals surface area contributed by atoms with Gasteiger partial charge in [0.15, 0.2) is 0 Å². The molecule has 0 aliphatic heterocycles. The fraction of sp³-hybridized carbons (Fsp3) is 0.292. The highest BCUT2D eigenvalue weighted by Gasteiger charge is 2.14. The molecular formula is C24H28BrN3O2. The van der Waals surface area contributed by atoms with Gasteiger partial charge in [-0.1, -0.05) is 18.2 Å². The zero-order chi connectivity index (χ0) is 21.8. The summed E-state index contributed by atoms with van der Waals surface area (Å²) in [5.74, 6) is 3.39. The van der Waals surface area contributed by atoms with E-state index in [0.29, 0.717) is 6.61 Å². The van der Waals surface area contributed by atoms with E-state index in [2.05, 4.69) is 54.2 Å². The number of anilines is 3. The molecular weight excluding hydrogens is 442 g/mol. The molecule has 3 aromatic rings. The molecule has 0 saturated heterocycles. The van der Waals surface area contributed by atoms with Crippen LogP contribution in [0.4, 0.5) is 17.3 Å². The number of nitrogens with one attached hydrogen (secondary N) is 1. The van der Waals surface area contributed by atoms with E-state index < -0.39 is 0 Å². The fourth-order valence-corrected chi connectivity index (χ4v) is 3.82. The molecule has 1 heterocycles. The number of rotatable bonds is 7. The molecule has 0 saturated carbocycles. The Morgan fingerprint density at radius 3 is 2.33 bits per heavy atom. The lowest BCUT2D eigenvalue weighted by Crippen LogP contribution is -2.13. The van der Waals surface area contributed by atoms with E-state index in [1.165, 1.54) is 0 Å². The van der Waals surface area contributed by atoms with Crippen LogP contribution in [0.5, 0.6) is 11.5 Å². The number of aryl methyl sites for hydroxylation is 2. The predicted molar refractivity (Wildman–Crippen MR) is 128 cm³/mol. The van der Waals surface area contributed by atoms with Crippen LogP contribution < -0.4 is 19.7 Å². The maximum atomic E-state index is 6.12. The van der Waals surface area contributed by atoms with Crippen LogP contribution >= 0.6 is 15.9 Å². The molecule has 1 aromatic heterocycles. The molecule has 0 unspecified atom stereocenters. The first-order valence-corrected chi connectivity index (χ1v) is 10.6. The van der Waals surface area contributed by atoms with Gasteiger partial charge in [-0.15, -0.1) is 0 Å². The van der Waals surface area contributed by atoms with Crippen molar-refractivity contribution >= 4 is 33.3 Å². The maximum absolute atomic E-state index is 6.12. The largest absolute Gasteiger partial charge is 0.497 e. The van der Waals surface area contributed by atoms with Crippen molar-refractivity contribution in [3.8, 4) is 11.5 Å². The minimum atomic E-state index is 0.491. The Morgan fingerprint density at radius 1 is 1.00 bits per heavy atom. The number of benzene rings is 2. The van der Waals surface area contributed by atoms with Crippen LogP contribution in [-0.4, -0.2) is 26.2 Å². The van der Waals surface area contributed by atoms with E-state index in [0.717, 1.165) is 55.5 Å². The fourth-order valence-electron chi connectivity index (χ4n) is 3.29. The van der Waals surface area contributed by atoms with Crippen LogP contribution in [0.15, 0.2) is 46.9 Å². The minimum absolute atomic E-state index is 0.491. The summed E-state index contributed by atoms with van der Waals surface area (Å²) in [5.41, 5.74) is 5.38. The van der Waals surface area contributed by atoms with Crippen molar-refractivity contribution in [3.05, 3.63) is 69.2 Å². The molecule has 2 aromatic carbocycles. The number of ether oxygens (including phenoxy) is 2. The standard InChI is InChI=1S/C24H28BrN3O2/c1-15-7-12-21(30-14-18-8-10-19(29-6)11-9-18)17(3)22(15)26-23-20(25)13-16(2)24(27-23)28(4)5/h7-13H,14H2,1-6H3,(H,26,27). The first-order chi connectivity index (χ1) is 14.3. The lowest BCUT2D eigenvalue weighted by atomic mass is 10.1. The summed E-state index contributed by atoms with van der Waals surface area (Å²) in [6, 6.07) is 14.1. The van der Waals surface area contributed by atoms with Gasteiger partial charge in [0.2, 0.25) is 0 Å². The van der Waals surface area contributed by atoms with Crippen molar-refractivity contribution in [1.29, 1.82) is 0 Å². The molecule has 30 heavy (non-hydrogen) atoms. The van der Waals surface area contributed by atoms with Crippen LogP contribution in [0.3, 0.4) is 0 Å². The van der Waals surface area contributed by atoms with Crippen LogP contribution in [0.2, 0.25) is 0 Å². The third-order valence-corrected chi connectivity index (χ3v) is 5.59. The van der Waals surface area contributed by atoms with Crippen molar-refractivity contribution in [2.75, 3.05) is 31.4 Å². The minimum Gasteiger partial charge on any atom is -0.497 e. The Morgan fingerprint density at radius 2 is 1.70 bits per heavy atom. The molecule has 6 heteroatoms. The van der Waals surface area contributed by atoms with E-state index in [1.54, 1.807) is 7.11 Å². The molecule has 158 valence electrons. The average molecular weight is 470 g/mol. The van der Waals surface area contributed by atoms with E-state index in [4.69, 9.17) is 14.5 Å². The highest BCUT2D eigenvalue weighted by Crippen LogP contribution is 2.35. The second kappa shape index (κ2) is 9.39. The molecule has 0 atom stereocenters. The summed E-state index contributed by atoms with van der Waals surface area (Å²) in [7, 11) is 5.66. The summed E-state index contributed by atoms with van der Waals surface area (Å²) in [6.45, 7) is 6.69. The van der Waals surface area contributed by atoms with Crippen molar-refractivity contribution in [2.24, 2.45) is 0 Å². The number of halogens is 1. The number of pyridine rings is 1. The summed E-state index contributed by atoms with van der Waals surface area (Å²) >= 11 is 3.64. The Hall–Kier alpha value is -2.73. The molecule has 0 aliphatic carbocycles. The highest BCUT2D eigenvalue weighted by molar-refractivity contribution is 9.10. The zero-order valence-corrected chi connectivity index (χ0v) is 19.9. The van der Waals surface area contributed by atoms with Gasteiger partial charge in [0.25, 0.3) is 0 Å². The predicted octanol–water partition coefficient (Wildman–Crippen LogP) is 6.17. The maximum Gasteiger partial charge on any atom is 0.147 e. The molecule has 3 rings (SSSR count). The van der Waals surface area contributed by atoms with Crippen LogP contribution in [-0.2, 0) is 6.61 Å². The average Bonchev–Trinajstić information content (AvgIpc) is 2.72. The van der Waals surface area contributed by atoms with Gasteiger partial charge in [0.05, 0.1) is 11.6 Å². The van der Waals surface area contributed by atoms with Crippen molar-refractivity contribution in [3.63, 3.8) is 0 Å². The SMILES string of the molecule is COc1ccc(COc2ccc(C)c(Nc3nc(N(C)C)c(C)cc3Br)c2C)cc1. The quantitative estimate of drug-likeness (QED) is 0.448. The monoisotopic (exact) mass is 469 g/mol. The Bertz CT molecular complexity index is 1030. The lowest BCUT2D eigenvalue weighted by molar-refractivity contribution is 0.304. The van der Waals surface area contributed by atoms with E-state index in [-0.39, 0.29) is 0 Å². The summed E-state index contributed by atoms with van der Waals surface area (Å²) in [5, 5.41) is 3.50. The van der Waals surface area contributed by atoms with Crippen LogP contribution in [0, 0.1) is 20.8 Å². The molecule has 1 N–H and O–H groups in total. The Kier molecular flexibility index (Phi) is 6.87. The van der Waals surface area contributed by atoms with Gasteiger partial charge in [-0.25, -0.2) is 4.98 Å². The van der Waals surface area contributed by atoms with Gasteiger partial charge in [-0.2, -0.15) is 0 Å². The van der Waals surface area contributed by atoms with E-state index >= 15 is 0 Å². The first kappa shape index (κ1) is 22.0. The third kappa shape index (κ3) is 4.87. The van der Waals surface area contributed by atoms with Crippen LogP contribution in [0.1, 0.15) is 22.3 Å².